The van der Waals surface area contributed by atoms with Gasteiger partial charge in [0.05, 0.1) is 13.2 Å². The van der Waals surface area contributed by atoms with Crippen LogP contribution in [-0.4, -0.2) is 26.5 Å². The molecule has 2 nitrogen and oxygen atoms in total. The Kier molecular flexibility index (Phi) is 4.28. The van der Waals surface area contributed by atoms with Gasteiger partial charge in [0, 0.05) is 13.3 Å². The van der Waals surface area contributed by atoms with Crippen LogP contribution in [0.2, 0.25) is 0 Å². The van der Waals surface area contributed by atoms with E-state index in [1.54, 1.807) is 7.11 Å². The lowest BCUT2D eigenvalue weighted by atomic mass is 9.99. The molecule has 0 fully saturated rings. The molecule has 0 N–H and O–H groups in total. The number of methoxy groups -OCH3 is 1. The number of ether oxygens (including phenoxy) is 1. The number of rotatable bonds is 3. The zero-order valence-corrected chi connectivity index (χ0v) is 7.35. The van der Waals surface area contributed by atoms with Crippen molar-refractivity contribution in [3.8, 4) is 0 Å². The van der Waals surface area contributed by atoms with E-state index in [-0.39, 0.29) is 5.41 Å². The number of nitrogens with zero attached hydrogens (tertiary/aromatic N) is 1. The van der Waals surface area contributed by atoms with E-state index < -0.39 is 0 Å². The molecule has 0 saturated heterocycles. The van der Waals surface area contributed by atoms with Crippen molar-refractivity contribution in [1.29, 1.82) is 0 Å². The SMILES string of the molecule is COCCN=CC(C)(C)C. The summed E-state index contributed by atoms with van der Waals surface area (Å²) in [7, 11) is 1.69. The van der Waals surface area contributed by atoms with E-state index in [0.717, 1.165) is 6.54 Å². The van der Waals surface area contributed by atoms with Crippen molar-refractivity contribution in [2.45, 2.75) is 20.8 Å². The highest BCUT2D eigenvalue weighted by Gasteiger charge is 2.03. The van der Waals surface area contributed by atoms with E-state index in [4.69, 9.17) is 4.74 Å². The summed E-state index contributed by atoms with van der Waals surface area (Å²) in [6, 6.07) is 0. The molecule has 0 unspecified atom stereocenters. The largest absolute Gasteiger partial charge is 0.383 e. The monoisotopic (exact) mass is 143 g/mol. The number of hydrogen-bond donors (Lipinski definition) is 0. The molecule has 0 aromatic heterocycles. The second kappa shape index (κ2) is 4.45. The standard InChI is InChI=1S/C8H17NO/c1-8(2,3)7-9-5-6-10-4/h7H,5-6H2,1-4H3. The van der Waals surface area contributed by atoms with Gasteiger partial charge in [-0.15, -0.1) is 0 Å². The van der Waals surface area contributed by atoms with Gasteiger partial charge in [0.2, 0.25) is 0 Å². The van der Waals surface area contributed by atoms with Gasteiger partial charge in [-0.3, -0.25) is 4.99 Å². The molecule has 0 saturated carbocycles. The minimum absolute atomic E-state index is 0.202. The first-order valence-electron chi connectivity index (χ1n) is 3.56. The Morgan fingerprint density at radius 3 is 2.40 bits per heavy atom. The summed E-state index contributed by atoms with van der Waals surface area (Å²) in [6.07, 6.45) is 1.96. The topological polar surface area (TPSA) is 21.6 Å². The maximum absolute atomic E-state index is 4.84. The van der Waals surface area contributed by atoms with E-state index in [1.165, 1.54) is 0 Å². The molecule has 0 aromatic carbocycles. The average molecular weight is 143 g/mol. The van der Waals surface area contributed by atoms with Gasteiger partial charge in [-0.2, -0.15) is 0 Å². The molecule has 0 spiro atoms. The molecule has 0 rings (SSSR count). The first-order chi connectivity index (χ1) is 4.56. The fourth-order valence-corrected chi connectivity index (χ4v) is 0.482. The zero-order valence-electron chi connectivity index (χ0n) is 7.35. The molecule has 0 heterocycles. The van der Waals surface area contributed by atoms with Crippen LogP contribution < -0.4 is 0 Å². The van der Waals surface area contributed by atoms with Crippen molar-refractivity contribution < 1.29 is 4.74 Å². The van der Waals surface area contributed by atoms with Crippen LogP contribution in [0.3, 0.4) is 0 Å². The maximum atomic E-state index is 4.84. The zero-order chi connectivity index (χ0) is 8.04. The lowest BCUT2D eigenvalue weighted by Crippen LogP contribution is -2.07. The van der Waals surface area contributed by atoms with E-state index in [9.17, 15) is 0 Å². The Morgan fingerprint density at radius 2 is 2.00 bits per heavy atom. The van der Waals surface area contributed by atoms with Crippen LogP contribution in [0.15, 0.2) is 4.99 Å². The van der Waals surface area contributed by atoms with Crippen molar-refractivity contribution in [3.05, 3.63) is 0 Å². The molecule has 0 amide bonds. The van der Waals surface area contributed by atoms with Gasteiger partial charge in [-0.05, 0) is 5.41 Å². The lowest BCUT2D eigenvalue weighted by Gasteiger charge is -2.09. The van der Waals surface area contributed by atoms with Crippen molar-refractivity contribution in [3.63, 3.8) is 0 Å². The predicted octanol–water partition coefficient (Wildman–Crippen LogP) is 1.75. The molecule has 10 heavy (non-hydrogen) atoms. The molecule has 2 heteroatoms. The molecular weight excluding hydrogens is 126 g/mol. The summed E-state index contributed by atoms with van der Waals surface area (Å²) in [5, 5.41) is 0. The Hall–Kier alpha value is -0.370. The normalized spacial score (nSPS) is 12.8. The Bertz CT molecular complexity index is 102. The average Bonchev–Trinajstić information content (AvgIpc) is 1.78. The minimum atomic E-state index is 0.202. The summed E-state index contributed by atoms with van der Waals surface area (Å²) in [6.45, 7) is 7.87. The molecular formula is C8H17NO. The first kappa shape index (κ1) is 9.63. The van der Waals surface area contributed by atoms with Gasteiger partial charge >= 0.3 is 0 Å². The highest BCUT2D eigenvalue weighted by molar-refractivity contribution is 5.63. The molecule has 0 aromatic rings. The quantitative estimate of drug-likeness (QED) is 0.435. The van der Waals surface area contributed by atoms with Gasteiger partial charge in [-0.1, -0.05) is 20.8 Å². The molecule has 0 atom stereocenters. The molecule has 0 aliphatic carbocycles. The van der Waals surface area contributed by atoms with Gasteiger partial charge in [0.15, 0.2) is 0 Å². The van der Waals surface area contributed by atoms with Crippen LogP contribution >= 0.6 is 0 Å². The van der Waals surface area contributed by atoms with Crippen LogP contribution in [0.1, 0.15) is 20.8 Å². The van der Waals surface area contributed by atoms with Crippen molar-refractivity contribution in [2.75, 3.05) is 20.3 Å². The molecule has 0 aliphatic rings. The molecule has 60 valence electrons. The summed E-state index contributed by atoms with van der Waals surface area (Å²) >= 11 is 0. The number of aliphatic imine (C=N–C) groups is 1. The van der Waals surface area contributed by atoms with E-state index in [0.29, 0.717) is 6.61 Å². The highest BCUT2D eigenvalue weighted by Crippen LogP contribution is 2.07. The molecule has 0 aliphatic heterocycles. The second-order valence-electron chi connectivity index (χ2n) is 3.39. The Morgan fingerprint density at radius 1 is 1.40 bits per heavy atom. The molecule has 0 bridgehead atoms. The third-order valence-corrected chi connectivity index (χ3v) is 0.903. The van der Waals surface area contributed by atoms with Gasteiger partial charge in [-0.25, -0.2) is 0 Å². The highest BCUT2D eigenvalue weighted by atomic mass is 16.5. The summed E-state index contributed by atoms with van der Waals surface area (Å²) < 4.78 is 4.84. The van der Waals surface area contributed by atoms with Gasteiger partial charge < -0.3 is 4.74 Å². The van der Waals surface area contributed by atoms with E-state index in [1.807, 2.05) is 6.21 Å². The van der Waals surface area contributed by atoms with Gasteiger partial charge in [0.1, 0.15) is 0 Å². The van der Waals surface area contributed by atoms with Crippen LogP contribution in [0.5, 0.6) is 0 Å². The Labute approximate surface area is 63.3 Å². The first-order valence-corrected chi connectivity index (χ1v) is 3.56. The third kappa shape index (κ3) is 7.63. The lowest BCUT2D eigenvalue weighted by molar-refractivity contribution is 0.208. The van der Waals surface area contributed by atoms with Crippen LogP contribution in [0.4, 0.5) is 0 Å². The van der Waals surface area contributed by atoms with Crippen LogP contribution in [0.25, 0.3) is 0 Å². The van der Waals surface area contributed by atoms with Crippen molar-refractivity contribution in [2.24, 2.45) is 10.4 Å². The number of hydrogen-bond acceptors (Lipinski definition) is 2. The summed E-state index contributed by atoms with van der Waals surface area (Å²) in [5.74, 6) is 0. The van der Waals surface area contributed by atoms with Crippen LogP contribution in [-0.2, 0) is 4.74 Å². The molecule has 0 radical (unpaired) electrons. The van der Waals surface area contributed by atoms with Gasteiger partial charge in [0.25, 0.3) is 0 Å². The third-order valence-electron chi connectivity index (χ3n) is 0.903. The van der Waals surface area contributed by atoms with Crippen molar-refractivity contribution >= 4 is 6.21 Å². The second-order valence-corrected chi connectivity index (χ2v) is 3.39. The summed E-state index contributed by atoms with van der Waals surface area (Å²) in [4.78, 5) is 4.18. The van der Waals surface area contributed by atoms with E-state index >= 15 is 0 Å². The minimum Gasteiger partial charge on any atom is -0.383 e. The van der Waals surface area contributed by atoms with E-state index in [2.05, 4.69) is 25.8 Å². The summed E-state index contributed by atoms with van der Waals surface area (Å²) in [5.41, 5.74) is 0.202. The fraction of sp³-hybridized carbons (Fsp3) is 0.875. The van der Waals surface area contributed by atoms with Crippen molar-refractivity contribution in [1.82, 2.24) is 0 Å². The maximum Gasteiger partial charge on any atom is 0.0657 e. The smallest absolute Gasteiger partial charge is 0.0657 e. The van der Waals surface area contributed by atoms with Crippen LogP contribution in [0, 0.1) is 5.41 Å². The fourth-order valence-electron chi connectivity index (χ4n) is 0.482. The predicted molar refractivity (Wildman–Crippen MR) is 44.7 cm³/mol. The Balaban J connectivity index is 3.37.